The maximum atomic E-state index is 11.6. The van der Waals surface area contributed by atoms with Crippen LogP contribution in [-0.2, 0) is 11.2 Å². The van der Waals surface area contributed by atoms with Crippen molar-refractivity contribution >= 4 is 55.8 Å². The number of hydrogen-bond donors (Lipinski definition) is 0. The van der Waals surface area contributed by atoms with Gasteiger partial charge < -0.3 is 9.47 Å². The number of ether oxygens (including phenoxy) is 2. The first-order chi connectivity index (χ1) is 9.61. The number of halogens is 2. The van der Waals surface area contributed by atoms with Gasteiger partial charge in [0, 0.05) is 10.9 Å². The Hall–Kier alpha value is -0.600. The molecule has 0 aliphatic rings. The van der Waals surface area contributed by atoms with E-state index in [1.165, 1.54) is 12.7 Å². The van der Waals surface area contributed by atoms with Crippen LogP contribution in [0.5, 0.6) is 5.75 Å². The summed E-state index contributed by atoms with van der Waals surface area (Å²) in [6, 6.07) is 5.66. The molecular formula is C14H12BrIO3S. The normalized spacial score (nSPS) is 10.3. The summed E-state index contributed by atoms with van der Waals surface area (Å²) in [4.78, 5) is 11.6. The van der Waals surface area contributed by atoms with E-state index in [4.69, 9.17) is 9.47 Å². The number of thiophene rings is 1. The predicted molar refractivity (Wildman–Crippen MR) is 91.7 cm³/mol. The van der Waals surface area contributed by atoms with Crippen molar-refractivity contribution < 1.29 is 14.3 Å². The second kappa shape index (κ2) is 7.42. The van der Waals surface area contributed by atoms with E-state index in [0.717, 1.165) is 15.7 Å². The molecule has 1 heterocycles. The molecule has 106 valence electrons. The molecular weight excluding hydrogens is 455 g/mol. The van der Waals surface area contributed by atoms with Crippen LogP contribution in [0.3, 0.4) is 0 Å². The van der Waals surface area contributed by atoms with Crippen LogP contribution in [0.4, 0.5) is 0 Å². The van der Waals surface area contributed by atoms with E-state index < -0.39 is 0 Å². The van der Waals surface area contributed by atoms with Gasteiger partial charge in [-0.25, -0.2) is 4.79 Å². The summed E-state index contributed by atoms with van der Waals surface area (Å²) in [5.74, 6) is 0.403. The van der Waals surface area contributed by atoms with Gasteiger partial charge >= 0.3 is 5.97 Å². The maximum absolute atomic E-state index is 11.6. The Balaban J connectivity index is 2.05. The Morgan fingerprint density at radius 2 is 2.25 bits per heavy atom. The van der Waals surface area contributed by atoms with Gasteiger partial charge in [-0.05, 0) is 73.0 Å². The first-order valence-corrected chi connectivity index (χ1v) is 8.64. The highest BCUT2D eigenvalue weighted by Gasteiger charge is 2.14. The zero-order valence-electron chi connectivity index (χ0n) is 10.7. The zero-order valence-corrected chi connectivity index (χ0v) is 15.2. The lowest BCUT2D eigenvalue weighted by atomic mass is 10.2. The Morgan fingerprint density at radius 1 is 1.45 bits per heavy atom. The molecule has 0 saturated heterocycles. The van der Waals surface area contributed by atoms with Crippen LogP contribution >= 0.6 is 49.9 Å². The third kappa shape index (κ3) is 3.95. The molecule has 2 rings (SSSR count). The first-order valence-electron chi connectivity index (χ1n) is 5.83. The molecule has 0 fully saturated rings. The zero-order chi connectivity index (χ0) is 14.5. The SMILES string of the molecule is COC(=O)c1cc(I)c(OCCc2ccsc2)cc1Br. The molecule has 0 aliphatic carbocycles. The lowest BCUT2D eigenvalue weighted by molar-refractivity contribution is 0.0599. The van der Waals surface area contributed by atoms with Crippen LogP contribution in [0.1, 0.15) is 15.9 Å². The lowest BCUT2D eigenvalue weighted by Crippen LogP contribution is -2.06. The smallest absolute Gasteiger partial charge is 0.339 e. The predicted octanol–water partition coefficient (Wildman–Crippen LogP) is 4.52. The van der Waals surface area contributed by atoms with Crippen LogP contribution in [0.2, 0.25) is 0 Å². The maximum Gasteiger partial charge on any atom is 0.339 e. The van der Waals surface area contributed by atoms with Crippen molar-refractivity contribution in [1.82, 2.24) is 0 Å². The molecule has 0 radical (unpaired) electrons. The highest BCUT2D eigenvalue weighted by molar-refractivity contribution is 14.1. The van der Waals surface area contributed by atoms with Crippen molar-refractivity contribution in [3.8, 4) is 5.75 Å². The molecule has 0 bridgehead atoms. The van der Waals surface area contributed by atoms with Gasteiger partial charge in [0.2, 0.25) is 0 Å². The van der Waals surface area contributed by atoms with E-state index >= 15 is 0 Å². The summed E-state index contributed by atoms with van der Waals surface area (Å²) < 4.78 is 12.1. The fourth-order valence-corrected chi connectivity index (χ4v) is 3.43. The van der Waals surface area contributed by atoms with Gasteiger partial charge in [0.25, 0.3) is 0 Å². The molecule has 0 saturated carbocycles. The minimum absolute atomic E-state index is 0.361. The Kier molecular flexibility index (Phi) is 5.86. The van der Waals surface area contributed by atoms with Gasteiger partial charge in [-0.1, -0.05) is 0 Å². The van der Waals surface area contributed by atoms with Crippen molar-refractivity contribution in [2.45, 2.75) is 6.42 Å². The highest BCUT2D eigenvalue weighted by Crippen LogP contribution is 2.29. The van der Waals surface area contributed by atoms with Crippen molar-refractivity contribution in [2.24, 2.45) is 0 Å². The van der Waals surface area contributed by atoms with Gasteiger partial charge in [-0.2, -0.15) is 11.3 Å². The van der Waals surface area contributed by atoms with Crippen LogP contribution in [0.15, 0.2) is 33.4 Å². The molecule has 1 aromatic carbocycles. The number of hydrogen-bond acceptors (Lipinski definition) is 4. The van der Waals surface area contributed by atoms with Crippen molar-refractivity contribution in [3.63, 3.8) is 0 Å². The summed E-state index contributed by atoms with van der Waals surface area (Å²) in [6.07, 6.45) is 0.871. The molecule has 0 amide bonds. The molecule has 20 heavy (non-hydrogen) atoms. The van der Waals surface area contributed by atoms with Crippen molar-refractivity contribution in [2.75, 3.05) is 13.7 Å². The van der Waals surface area contributed by atoms with Gasteiger partial charge in [0.15, 0.2) is 0 Å². The van der Waals surface area contributed by atoms with E-state index in [2.05, 4.69) is 55.3 Å². The number of carbonyl (C=O) groups is 1. The molecule has 0 N–H and O–H groups in total. The Labute approximate surface area is 143 Å². The van der Waals surface area contributed by atoms with Crippen LogP contribution < -0.4 is 4.74 Å². The minimum Gasteiger partial charge on any atom is -0.492 e. The number of methoxy groups -OCH3 is 1. The highest BCUT2D eigenvalue weighted by atomic mass is 127. The average molecular weight is 467 g/mol. The summed E-state index contributed by atoms with van der Waals surface area (Å²) >= 11 is 7.21. The molecule has 2 aromatic rings. The topological polar surface area (TPSA) is 35.5 Å². The van der Waals surface area contributed by atoms with Crippen LogP contribution in [0, 0.1) is 3.57 Å². The van der Waals surface area contributed by atoms with E-state index in [9.17, 15) is 4.79 Å². The largest absolute Gasteiger partial charge is 0.492 e. The fraction of sp³-hybridized carbons (Fsp3) is 0.214. The molecule has 0 unspecified atom stereocenters. The molecule has 0 atom stereocenters. The van der Waals surface area contributed by atoms with E-state index in [1.807, 2.05) is 6.07 Å². The van der Waals surface area contributed by atoms with E-state index in [1.54, 1.807) is 17.4 Å². The second-order valence-electron chi connectivity index (χ2n) is 3.98. The molecule has 1 aromatic heterocycles. The number of rotatable bonds is 5. The second-order valence-corrected chi connectivity index (χ2v) is 6.78. The number of esters is 1. The Bertz CT molecular complexity index is 599. The third-order valence-corrected chi connectivity index (χ3v) is 4.89. The molecule has 3 nitrogen and oxygen atoms in total. The van der Waals surface area contributed by atoms with E-state index in [0.29, 0.717) is 16.6 Å². The van der Waals surface area contributed by atoms with E-state index in [-0.39, 0.29) is 5.97 Å². The Morgan fingerprint density at radius 3 is 2.90 bits per heavy atom. The number of carbonyl (C=O) groups excluding carboxylic acids is 1. The van der Waals surface area contributed by atoms with Gasteiger partial charge in [-0.3, -0.25) is 0 Å². The standard InChI is InChI=1S/C14H12BrIO3S/c1-18-14(17)10-6-12(16)13(7-11(10)15)19-4-2-9-3-5-20-8-9/h3,5-8H,2,4H2,1H3. The van der Waals surface area contributed by atoms with Gasteiger partial charge in [-0.15, -0.1) is 0 Å². The monoisotopic (exact) mass is 466 g/mol. The first kappa shape index (κ1) is 15.8. The molecule has 0 aliphatic heterocycles. The van der Waals surface area contributed by atoms with Crippen molar-refractivity contribution in [3.05, 3.63) is 48.1 Å². The summed E-state index contributed by atoms with van der Waals surface area (Å²) in [5, 5.41) is 4.17. The van der Waals surface area contributed by atoms with Crippen LogP contribution in [-0.4, -0.2) is 19.7 Å². The average Bonchev–Trinajstić information content (AvgIpc) is 2.94. The summed E-state index contributed by atoms with van der Waals surface area (Å²) in [5.41, 5.74) is 1.78. The lowest BCUT2D eigenvalue weighted by Gasteiger charge is -2.10. The minimum atomic E-state index is -0.361. The van der Waals surface area contributed by atoms with Crippen LogP contribution in [0.25, 0.3) is 0 Å². The van der Waals surface area contributed by atoms with Gasteiger partial charge in [0.1, 0.15) is 5.75 Å². The summed E-state index contributed by atoms with van der Waals surface area (Å²) in [6.45, 7) is 0.608. The quantitative estimate of drug-likeness (QED) is 0.480. The number of benzene rings is 1. The molecule has 0 spiro atoms. The fourth-order valence-electron chi connectivity index (χ4n) is 1.62. The summed E-state index contributed by atoms with van der Waals surface area (Å²) in [7, 11) is 1.37. The third-order valence-electron chi connectivity index (χ3n) is 2.66. The van der Waals surface area contributed by atoms with Crippen molar-refractivity contribution in [1.29, 1.82) is 0 Å². The molecule has 6 heteroatoms. The van der Waals surface area contributed by atoms with Gasteiger partial charge in [0.05, 0.1) is 22.9 Å².